The Morgan fingerprint density at radius 3 is 3.00 bits per heavy atom. The lowest BCUT2D eigenvalue weighted by molar-refractivity contribution is 0.223. The molecule has 0 saturated heterocycles. The molecule has 1 rings (SSSR count). The van der Waals surface area contributed by atoms with Crippen LogP contribution in [0.25, 0.3) is 0 Å². The van der Waals surface area contributed by atoms with Crippen molar-refractivity contribution in [2.75, 3.05) is 0 Å². The van der Waals surface area contributed by atoms with E-state index in [1.165, 1.54) is 6.26 Å². The van der Waals surface area contributed by atoms with E-state index in [0.29, 0.717) is 0 Å². The van der Waals surface area contributed by atoms with Crippen molar-refractivity contribution in [3.8, 4) is 0 Å². The van der Waals surface area contributed by atoms with Gasteiger partial charge in [-0.05, 0) is 18.6 Å². The Labute approximate surface area is 53.8 Å². The topological polar surface area (TPSA) is 26.3 Å². The fraction of sp³-hybridized carbons (Fsp3) is 0.286. The van der Waals surface area contributed by atoms with Crippen LogP contribution in [-0.2, 0) is 9.53 Å². The van der Waals surface area contributed by atoms with E-state index >= 15 is 0 Å². The highest BCUT2D eigenvalue weighted by Crippen LogP contribution is 2.08. The third-order valence-corrected chi connectivity index (χ3v) is 1.17. The van der Waals surface area contributed by atoms with Crippen LogP contribution in [0.4, 0.5) is 0 Å². The van der Waals surface area contributed by atoms with Crippen molar-refractivity contribution in [3.05, 3.63) is 24.0 Å². The summed E-state index contributed by atoms with van der Waals surface area (Å²) in [5, 5.41) is 0. The molecule has 1 unspecified atom stereocenters. The van der Waals surface area contributed by atoms with Gasteiger partial charge in [-0.3, -0.25) is 4.79 Å². The van der Waals surface area contributed by atoms with Crippen LogP contribution in [0.2, 0.25) is 0 Å². The Morgan fingerprint density at radius 1 is 1.78 bits per heavy atom. The van der Waals surface area contributed by atoms with Crippen LogP contribution in [0.5, 0.6) is 0 Å². The first kappa shape index (κ1) is 6.08. The SMILES string of the molecule is CC1=CC=COC1[C]=O. The number of hydrogen-bond acceptors (Lipinski definition) is 2. The van der Waals surface area contributed by atoms with Crippen LogP contribution in [0, 0.1) is 0 Å². The fourth-order valence-corrected chi connectivity index (χ4v) is 0.630. The lowest BCUT2D eigenvalue weighted by Gasteiger charge is -2.11. The summed E-state index contributed by atoms with van der Waals surface area (Å²) in [7, 11) is 0. The molecular weight excluding hydrogens is 116 g/mol. The third kappa shape index (κ3) is 1.19. The van der Waals surface area contributed by atoms with E-state index in [1.54, 1.807) is 12.4 Å². The average molecular weight is 123 g/mol. The summed E-state index contributed by atoms with van der Waals surface area (Å²) in [5.74, 6) is 0. The lowest BCUT2D eigenvalue weighted by Crippen LogP contribution is -2.14. The first-order valence-electron chi connectivity index (χ1n) is 2.71. The molecule has 0 bridgehead atoms. The molecule has 0 saturated carbocycles. The molecule has 0 aromatic carbocycles. The molecule has 0 amide bonds. The molecule has 1 radical (unpaired) electrons. The Bertz CT molecular complexity index is 168. The Morgan fingerprint density at radius 2 is 2.56 bits per heavy atom. The third-order valence-electron chi connectivity index (χ3n) is 1.17. The first-order chi connectivity index (χ1) is 4.34. The summed E-state index contributed by atoms with van der Waals surface area (Å²) < 4.78 is 4.87. The highest BCUT2D eigenvalue weighted by molar-refractivity contribution is 5.63. The van der Waals surface area contributed by atoms with E-state index in [9.17, 15) is 4.79 Å². The summed E-state index contributed by atoms with van der Waals surface area (Å²) in [4.78, 5) is 10.0. The van der Waals surface area contributed by atoms with Gasteiger partial charge >= 0.3 is 0 Å². The Balaban J connectivity index is 2.69. The van der Waals surface area contributed by atoms with Gasteiger partial charge in [-0.15, -0.1) is 0 Å². The van der Waals surface area contributed by atoms with Gasteiger partial charge in [-0.1, -0.05) is 6.08 Å². The fourth-order valence-electron chi connectivity index (χ4n) is 0.630. The van der Waals surface area contributed by atoms with Crippen molar-refractivity contribution in [3.63, 3.8) is 0 Å². The minimum absolute atomic E-state index is 0.477. The maximum absolute atomic E-state index is 10.0. The minimum Gasteiger partial charge on any atom is -0.485 e. The van der Waals surface area contributed by atoms with E-state index in [2.05, 4.69) is 0 Å². The second kappa shape index (κ2) is 2.49. The molecular formula is C7H7O2. The maximum atomic E-state index is 10.0. The molecule has 1 atom stereocenters. The first-order valence-corrected chi connectivity index (χ1v) is 2.71. The van der Waals surface area contributed by atoms with Gasteiger partial charge < -0.3 is 4.74 Å². The number of allylic oxidation sites excluding steroid dienone is 2. The van der Waals surface area contributed by atoms with Gasteiger partial charge in [0, 0.05) is 0 Å². The molecule has 1 aliphatic heterocycles. The van der Waals surface area contributed by atoms with Gasteiger partial charge in [-0.25, -0.2) is 0 Å². The summed E-state index contributed by atoms with van der Waals surface area (Å²) in [6.45, 7) is 1.83. The van der Waals surface area contributed by atoms with E-state index in [1.807, 2.05) is 13.0 Å². The van der Waals surface area contributed by atoms with Crippen molar-refractivity contribution >= 4 is 6.29 Å². The summed E-state index contributed by atoms with van der Waals surface area (Å²) in [5.41, 5.74) is 0.896. The monoisotopic (exact) mass is 123 g/mol. The molecule has 2 heteroatoms. The van der Waals surface area contributed by atoms with Gasteiger partial charge in [0.2, 0.25) is 6.29 Å². The molecule has 0 aromatic heterocycles. The standard InChI is InChI=1S/C7H7O2/c1-6-3-2-4-9-7(6)5-8/h2-4,7H,1H3. The molecule has 0 spiro atoms. The van der Waals surface area contributed by atoms with E-state index in [0.717, 1.165) is 5.57 Å². The van der Waals surface area contributed by atoms with E-state index < -0.39 is 6.10 Å². The molecule has 1 heterocycles. The summed E-state index contributed by atoms with van der Waals surface area (Å²) in [6.07, 6.45) is 6.36. The normalized spacial score (nSPS) is 24.6. The summed E-state index contributed by atoms with van der Waals surface area (Å²) >= 11 is 0. The number of ether oxygens (including phenoxy) is 1. The Kier molecular flexibility index (Phi) is 1.68. The molecule has 1 aliphatic rings. The van der Waals surface area contributed by atoms with Crippen molar-refractivity contribution in [2.45, 2.75) is 13.0 Å². The van der Waals surface area contributed by atoms with Crippen LogP contribution in [-0.4, -0.2) is 12.4 Å². The van der Waals surface area contributed by atoms with Crippen LogP contribution < -0.4 is 0 Å². The maximum Gasteiger partial charge on any atom is 0.247 e. The Hall–Kier alpha value is -1.05. The molecule has 2 nitrogen and oxygen atoms in total. The van der Waals surface area contributed by atoms with Crippen molar-refractivity contribution < 1.29 is 9.53 Å². The van der Waals surface area contributed by atoms with Gasteiger partial charge in [0.05, 0.1) is 6.26 Å². The molecule has 0 aliphatic carbocycles. The predicted molar refractivity (Wildman–Crippen MR) is 33.5 cm³/mol. The van der Waals surface area contributed by atoms with Crippen LogP contribution >= 0.6 is 0 Å². The average Bonchev–Trinajstić information content (AvgIpc) is 1.89. The second-order valence-corrected chi connectivity index (χ2v) is 1.87. The predicted octanol–water partition coefficient (Wildman–Crippen LogP) is 0.955. The van der Waals surface area contributed by atoms with Crippen LogP contribution in [0.15, 0.2) is 24.0 Å². The van der Waals surface area contributed by atoms with Crippen LogP contribution in [0.1, 0.15) is 6.92 Å². The number of hydrogen-bond donors (Lipinski definition) is 0. The molecule has 9 heavy (non-hydrogen) atoms. The molecule has 0 aromatic rings. The van der Waals surface area contributed by atoms with Gasteiger partial charge in [0.15, 0.2) is 6.10 Å². The van der Waals surface area contributed by atoms with Crippen molar-refractivity contribution in [1.29, 1.82) is 0 Å². The smallest absolute Gasteiger partial charge is 0.247 e. The zero-order valence-corrected chi connectivity index (χ0v) is 5.13. The lowest BCUT2D eigenvalue weighted by atomic mass is 10.1. The highest BCUT2D eigenvalue weighted by atomic mass is 16.5. The van der Waals surface area contributed by atoms with Crippen molar-refractivity contribution in [1.82, 2.24) is 0 Å². The van der Waals surface area contributed by atoms with Gasteiger partial charge in [-0.2, -0.15) is 0 Å². The highest BCUT2D eigenvalue weighted by Gasteiger charge is 2.10. The summed E-state index contributed by atoms with van der Waals surface area (Å²) in [6, 6.07) is 0. The van der Waals surface area contributed by atoms with E-state index in [-0.39, 0.29) is 0 Å². The zero-order chi connectivity index (χ0) is 6.69. The number of rotatable bonds is 1. The number of carbonyl (C=O) groups excluding carboxylic acids is 1. The van der Waals surface area contributed by atoms with Gasteiger partial charge in [0.25, 0.3) is 0 Å². The minimum atomic E-state index is -0.477. The zero-order valence-electron chi connectivity index (χ0n) is 5.13. The molecule has 0 fully saturated rings. The molecule has 47 valence electrons. The van der Waals surface area contributed by atoms with Crippen LogP contribution in [0.3, 0.4) is 0 Å². The van der Waals surface area contributed by atoms with E-state index in [4.69, 9.17) is 4.74 Å². The largest absolute Gasteiger partial charge is 0.485 e. The van der Waals surface area contributed by atoms with Gasteiger partial charge in [0.1, 0.15) is 0 Å². The molecule has 0 N–H and O–H groups in total. The second-order valence-electron chi connectivity index (χ2n) is 1.87. The quantitative estimate of drug-likeness (QED) is 0.519. The van der Waals surface area contributed by atoms with Crippen molar-refractivity contribution in [2.24, 2.45) is 0 Å².